The van der Waals surface area contributed by atoms with Crippen molar-refractivity contribution in [1.29, 1.82) is 0 Å². The molecule has 2 aromatic rings. The minimum absolute atomic E-state index is 0.0226. The number of benzene rings is 2. The van der Waals surface area contributed by atoms with E-state index in [0.717, 1.165) is 5.56 Å². The Morgan fingerprint density at radius 1 is 1.15 bits per heavy atom. The summed E-state index contributed by atoms with van der Waals surface area (Å²) in [7, 11) is 1.31. The molecule has 3 N–H and O–H groups in total. The molecule has 1 amide bonds. The summed E-state index contributed by atoms with van der Waals surface area (Å²) in [5, 5.41) is 2.60. The summed E-state index contributed by atoms with van der Waals surface area (Å²) < 4.78 is 46.7. The van der Waals surface area contributed by atoms with E-state index in [1.807, 2.05) is 30.3 Å². The number of anilines is 1. The average Bonchev–Trinajstić information content (AvgIpc) is 2.60. The molecule has 0 saturated heterocycles. The van der Waals surface area contributed by atoms with Crippen LogP contribution in [0.3, 0.4) is 0 Å². The predicted octanol–water partition coefficient (Wildman–Crippen LogP) is 3.66. The van der Waals surface area contributed by atoms with Gasteiger partial charge in [0.05, 0.1) is 7.11 Å². The zero-order valence-electron chi connectivity index (χ0n) is 14.0. The first-order chi connectivity index (χ1) is 12.3. The summed E-state index contributed by atoms with van der Waals surface area (Å²) in [6, 6.07) is 12.8. The maximum atomic E-state index is 12.3. The molecule has 1 unspecified atom stereocenters. The summed E-state index contributed by atoms with van der Waals surface area (Å²) in [5.41, 5.74) is 7.09. The zero-order valence-corrected chi connectivity index (χ0v) is 14.0. The summed E-state index contributed by atoms with van der Waals surface area (Å²) in [6.07, 6.45) is -4.46. The lowest BCUT2D eigenvalue weighted by Crippen LogP contribution is -2.21. The smallest absolute Gasteiger partial charge is 0.422 e. The number of amides is 1. The lowest BCUT2D eigenvalue weighted by atomic mass is 10.0. The number of rotatable bonds is 7. The number of nitrogens with one attached hydrogen (secondary N) is 1. The molecule has 140 valence electrons. The zero-order chi connectivity index (χ0) is 19.2. The van der Waals surface area contributed by atoms with E-state index in [1.54, 1.807) is 0 Å². The van der Waals surface area contributed by atoms with Gasteiger partial charge >= 0.3 is 6.18 Å². The standard InChI is InChI=1S/C18H19F3N2O3/c1-25-15-8-7-13(9-16(15)26-11-18(19,20)21)23-17(24)10-14(22)12-5-3-2-4-6-12/h2-9,14H,10-11,22H2,1H3,(H,23,24). The molecule has 8 heteroatoms. The Hall–Kier alpha value is -2.74. The van der Waals surface area contributed by atoms with Crippen molar-refractivity contribution in [2.75, 3.05) is 19.0 Å². The number of halogens is 3. The van der Waals surface area contributed by atoms with E-state index in [2.05, 4.69) is 5.32 Å². The van der Waals surface area contributed by atoms with E-state index < -0.39 is 18.8 Å². The molecule has 0 bridgehead atoms. The first-order valence-electron chi connectivity index (χ1n) is 7.76. The highest BCUT2D eigenvalue weighted by molar-refractivity contribution is 5.91. The molecular formula is C18H19F3N2O3. The lowest BCUT2D eigenvalue weighted by molar-refractivity contribution is -0.153. The minimum atomic E-state index is -4.48. The Kier molecular flexibility index (Phi) is 6.46. The van der Waals surface area contributed by atoms with Gasteiger partial charge in [-0.1, -0.05) is 30.3 Å². The topological polar surface area (TPSA) is 73.6 Å². The van der Waals surface area contributed by atoms with Crippen molar-refractivity contribution in [3.63, 3.8) is 0 Å². The van der Waals surface area contributed by atoms with Gasteiger partial charge in [0, 0.05) is 24.2 Å². The molecule has 2 rings (SSSR count). The number of carbonyl (C=O) groups is 1. The number of methoxy groups -OCH3 is 1. The van der Waals surface area contributed by atoms with E-state index in [1.165, 1.54) is 25.3 Å². The van der Waals surface area contributed by atoms with Crippen LogP contribution >= 0.6 is 0 Å². The van der Waals surface area contributed by atoms with Crippen LogP contribution in [0.15, 0.2) is 48.5 Å². The van der Waals surface area contributed by atoms with Gasteiger partial charge in [-0.25, -0.2) is 0 Å². The van der Waals surface area contributed by atoms with Crippen molar-refractivity contribution in [2.24, 2.45) is 5.73 Å². The highest BCUT2D eigenvalue weighted by Crippen LogP contribution is 2.31. The van der Waals surface area contributed by atoms with Crippen molar-refractivity contribution >= 4 is 11.6 Å². The van der Waals surface area contributed by atoms with E-state index in [0.29, 0.717) is 0 Å². The number of hydrogen-bond donors (Lipinski definition) is 2. The Labute approximate surface area is 148 Å². The maximum absolute atomic E-state index is 12.3. The Balaban J connectivity index is 2.03. The molecule has 26 heavy (non-hydrogen) atoms. The van der Waals surface area contributed by atoms with Gasteiger partial charge in [-0.3, -0.25) is 4.79 Å². The fourth-order valence-electron chi connectivity index (χ4n) is 2.26. The molecule has 0 radical (unpaired) electrons. The van der Waals surface area contributed by atoms with Gasteiger partial charge in [0.1, 0.15) is 0 Å². The van der Waals surface area contributed by atoms with Gasteiger partial charge in [-0.2, -0.15) is 13.2 Å². The van der Waals surface area contributed by atoms with Crippen LogP contribution in [0.2, 0.25) is 0 Å². The molecule has 0 fully saturated rings. The number of hydrogen-bond acceptors (Lipinski definition) is 4. The summed E-state index contributed by atoms with van der Waals surface area (Å²) in [6.45, 7) is -1.46. The van der Waals surface area contributed by atoms with Crippen molar-refractivity contribution in [2.45, 2.75) is 18.6 Å². The fourth-order valence-corrected chi connectivity index (χ4v) is 2.26. The quantitative estimate of drug-likeness (QED) is 0.782. The van der Waals surface area contributed by atoms with Crippen molar-refractivity contribution < 1.29 is 27.4 Å². The van der Waals surface area contributed by atoms with Crippen LogP contribution < -0.4 is 20.5 Å². The molecule has 2 aromatic carbocycles. The fraction of sp³-hybridized carbons (Fsp3) is 0.278. The molecule has 1 atom stereocenters. The van der Waals surface area contributed by atoms with Crippen LogP contribution in [0.4, 0.5) is 18.9 Å². The second-order valence-corrected chi connectivity index (χ2v) is 5.54. The van der Waals surface area contributed by atoms with Crippen LogP contribution in [-0.4, -0.2) is 25.8 Å². The monoisotopic (exact) mass is 368 g/mol. The molecule has 5 nitrogen and oxygen atoms in total. The van der Waals surface area contributed by atoms with Crippen molar-refractivity contribution in [1.82, 2.24) is 0 Å². The molecule has 0 aliphatic carbocycles. The Morgan fingerprint density at radius 2 is 1.85 bits per heavy atom. The van der Waals surface area contributed by atoms with E-state index >= 15 is 0 Å². The third kappa shape index (κ3) is 5.96. The van der Waals surface area contributed by atoms with Gasteiger partial charge in [0.25, 0.3) is 0 Å². The van der Waals surface area contributed by atoms with Crippen LogP contribution in [0.1, 0.15) is 18.0 Å². The van der Waals surface area contributed by atoms with Gasteiger partial charge in [-0.05, 0) is 17.7 Å². The molecular weight excluding hydrogens is 349 g/mol. The Morgan fingerprint density at radius 3 is 2.46 bits per heavy atom. The molecule has 0 aliphatic rings. The third-order valence-electron chi connectivity index (χ3n) is 3.47. The Bertz CT molecular complexity index is 736. The van der Waals surface area contributed by atoms with Gasteiger partial charge in [-0.15, -0.1) is 0 Å². The van der Waals surface area contributed by atoms with Crippen molar-refractivity contribution in [3.8, 4) is 11.5 Å². The first-order valence-corrected chi connectivity index (χ1v) is 7.76. The van der Waals surface area contributed by atoms with E-state index in [4.69, 9.17) is 15.2 Å². The first kappa shape index (κ1) is 19.6. The van der Waals surface area contributed by atoms with E-state index in [-0.39, 0.29) is 29.5 Å². The second kappa shape index (κ2) is 8.57. The minimum Gasteiger partial charge on any atom is -0.493 e. The predicted molar refractivity (Wildman–Crippen MR) is 91.2 cm³/mol. The SMILES string of the molecule is COc1ccc(NC(=O)CC(N)c2ccccc2)cc1OCC(F)(F)F. The average molecular weight is 368 g/mol. The summed E-state index contributed by atoms with van der Waals surface area (Å²) in [4.78, 5) is 12.1. The highest BCUT2D eigenvalue weighted by atomic mass is 19.4. The number of carbonyl (C=O) groups excluding carboxylic acids is 1. The molecule has 0 aliphatic heterocycles. The molecule has 0 spiro atoms. The van der Waals surface area contributed by atoms with E-state index in [9.17, 15) is 18.0 Å². The van der Waals surface area contributed by atoms with Crippen LogP contribution in [0.25, 0.3) is 0 Å². The molecule has 0 heterocycles. The summed E-state index contributed by atoms with van der Waals surface area (Å²) in [5.74, 6) is -0.350. The van der Waals surface area contributed by atoms with Crippen LogP contribution in [0.5, 0.6) is 11.5 Å². The second-order valence-electron chi connectivity index (χ2n) is 5.54. The normalized spacial score (nSPS) is 12.3. The lowest BCUT2D eigenvalue weighted by Gasteiger charge is -2.15. The number of ether oxygens (including phenoxy) is 2. The maximum Gasteiger partial charge on any atom is 0.422 e. The van der Waals surface area contributed by atoms with Gasteiger partial charge in [0.2, 0.25) is 5.91 Å². The number of nitrogens with two attached hydrogens (primary N) is 1. The third-order valence-corrected chi connectivity index (χ3v) is 3.47. The van der Waals surface area contributed by atoms with Gasteiger partial charge in [0.15, 0.2) is 18.1 Å². The largest absolute Gasteiger partial charge is 0.493 e. The van der Waals surface area contributed by atoms with Gasteiger partial charge < -0.3 is 20.5 Å². The highest BCUT2D eigenvalue weighted by Gasteiger charge is 2.29. The molecule has 0 saturated carbocycles. The van der Waals surface area contributed by atoms with Crippen LogP contribution in [-0.2, 0) is 4.79 Å². The number of alkyl halides is 3. The molecule has 0 aromatic heterocycles. The summed E-state index contributed by atoms with van der Waals surface area (Å²) >= 11 is 0. The van der Waals surface area contributed by atoms with Crippen LogP contribution in [0, 0.1) is 0 Å². The van der Waals surface area contributed by atoms with Crippen molar-refractivity contribution in [3.05, 3.63) is 54.1 Å².